The van der Waals surface area contributed by atoms with E-state index in [0.29, 0.717) is 53.7 Å². The second-order valence-electron chi connectivity index (χ2n) is 10.5. The van der Waals surface area contributed by atoms with E-state index in [0.717, 1.165) is 36.0 Å². The second kappa shape index (κ2) is 10.2. The van der Waals surface area contributed by atoms with Gasteiger partial charge in [0.15, 0.2) is 16.9 Å². The zero-order valence-electron chi connectivity index (χ0n) is 22.3. The van der Waals surface area contributed by atoms with Crippen molar-refractivity contribution in [1.29, 1.82) is 0 Å². The minimum Gasteiger partial charge on any atom is -0.493 e. The van der Waals surface area contributed by atoms with E-state index < -0.39 is 6.04 Å². The van der Waals surface area contributed by atoms with Gasteiger partial charge >= 0.3 is 0 Å². The van der Waals surface area contributed by atoms with Crippen molar-refractivity contribution in [2.75, 3.05) is 26.9 Å². The maximum Gasteiger partial charge on any atom is 0.291 e. The maximum absolute atomic E-state index is 13.9. The van der Waals surface area contributed by atoms with E-state index in [1.165, 1.54) is 0 Å². The molecule has 2 aromatic carbocycles. The molecule has 2 atom stereocenters. The highest BCUT2D eigenvalue weighted by atomic mass is 16.5. The van der Waals surface area contributed by atoms with Crippen LogP contribution in [0.3, 0.4) is 0 Å². The molecule has 7 heteroatoms. The van der Waals surface area contributed by atoms with E-state index in [2.05, 4.69) is 13.8 Å². The van der Waals surface area contributed by atoms with Crippen molar-refractivity contribution in [3.05, 3.63) is 68.6 Å². The van der Waals surface area contributed by atoms with E-state index in [9.17, 15) is 9.59 Å². The van der Waals surface area contributed by atoms with Crippen LogP contribution in [0, 0.1) is 19.8 Å². The van der Waals surface area contributed by atoms with Crippen molar-refractivity contribution in [2.45, 2.75) is 59.1 Å². The lowest BCUT2D eigenvalue weighted by atomic mass is 9.97. The summed E-state index contributed by atoms with van der Waals surface area (Å²) in [6.07, 6.45) is 2.69. The van der Waals surface area contributed by atoms with Gasteiger partial charge in [-0.25, -0.2) is 0 Å². The van der Waals surface area contributed by atoms with E-state index in [4.69, 9.17) is 18.6 Å². The lowest BCUT2D eigenvalue weighted by Crippen LogP contribution is -2.36. The number of amides is 1. The van der Waals surface area contributed by atoms with Gasteiger partial charge in [-0.15, -0.1) is 0 Å². The average molecular weight is 506 g/mol. The number of hydrogen-bond donors (Lipinski definition) is 0. The van der Waals surface area contributed by atoms with Crippen molar-refractivity contribution in [1.82, 2.24) is 4.90 Å². The molecule has 5 rings (SSSR count). The van der Waals surface area contributed by atoms with Crippen LogP contribution < -0.4 is 14.9 Å². The predicted octanol–water partition coefficient (Wildman–Crippen LogP) is 5.57. The predicted molar refractivity (Wildman–Crippen MR) is 142 cm³/mol. The third-order valence-electron chi connectivity index (χ3n) is 7.46. The molecule has 0 aliphatic carbocycles. The Labute approximate surface area is 217 Å². The lowest BCUT2D eigenvalue weighted by Gasteiger charge is -2.28. The number of carbonyl (C=O) groups is 1. The lowest BCUT2D eigenvalue weighted by molar-refractivity contribution is 0.0486. The van der Waals surface area contributed by atoms with Gasteiger partial charge in [0.25, 0.3) is 5.91 Å². The topological polar surface area (TPSA) is 78.2 Å². The van der Waals surface area contributed by atoms with Crippen molar-refractivity contribution in [2.24, 2.45) is 5.92 Å². The first-order chi connectivity index (χ1) is 17.8. The number of benzene rings is 2. The molecule has 0 saturated carbocycles. The summed E-state index contributed by atoms with van der Waals surface area (Å²) < 4.78 is 23.7. The number of ether oxygens (including phenoxy) is 3. The van der Waals surface area contributed by atoms with Crippen LogP contribution >= 0.6 is 0 Å². The van der Waals surface area contributed by atoms with Gasteiger partial charge < -0.3 is 23.5 Å². The van der Waals surface area contributed by atoms with Crippen LogP contribution in [-0.2, 0) is 4.74 Å². The van der Waals surface area contributed by atoms with Gasteiger partial charge in [0.2, 0.25) is 5.76 Å². The summed E-state index contributed by atoms with van der Waals surface area (Å²) in [5.74, 6) is 1.55. The second-order valence-corrected chi connectivity index (χ2v) is 10.5. The molecule has 0 spiro atoms. The number of methoxy groups -OCH3 is 1. The average Bonchev–Trinajstić information content (AvgIpc) is 3.48. The highest BCUT2D eigenvalue weighted by Gasteiger charge is 2.44. The summed E-state index contributed by atoms with van der Waals surface area (Å²) in [5.41, 5.74) is 3.41. The minimum atomic E-state index is -0.604. The molecule has 0 radical (unpaired) electrons. The summed E-state index contributed by atoms with van der Waals surface area (Å²) in [4.78, 5) is 29.3. The largest absolute Gasteiger partial charge is 0.493 e. The first kappa shape index (κ1) is 25.3. The third kappa shape index (κ3) is 4.73. The number of nitrogens with zero attached hydrogens (tertiary/aromatic N) is 1. The van der Waals surface area contributed by atoms with Crippen molar-refractivity contribution in [3.8, 4) is 11.5 Å². The smallest absolute Gasteiger partial charge is 0.291 e. The summed E-state index contributed by atoms with van der Waals surface area (Å²) in [7, 11) is 1.60. The number of hydrogen-bond acceptors (Lipinski definition) is 6. The Morgan fingerprint density at radius 2 is 1.86 bits per heavy atom. The van der Waals surface area contributed by atoms with Crippen LogP contribution in [0.2, 0.25) is 0 Å². The monoisotopic (exact) mass is 505 g/mol. The molecule has 1 saturated heterocycles. The fraction of sp³-hybridized carbons (Fsp3) is 0.467. The molecule has 0 N–H and O–H groups in total. The Balaban J connectivity index is 1.62. The van der Waals surface area contributed by atoms with Crippen LogP contribution in [0.1, 0.15) is 72.0 Å². The van der Waals surface area contributed by atoms with Gasteiger partial charge in [-0.05, 0) is 80.0 Å². The molecule has 37 heavy (non-hydrogen) atoms. The van der Waals surface area contributed by atoms with Crippen molar-refractivity contribution < 1.29 is 23.4 Å². The van der Waals surface area contributed by atoms with Crippen LogP contribution in [0.4, 0.5) is 0 Å². The molecule has 0 bridgehead atoms. The van der Waals surface area contributed by atoms with E-state index in [-0.39, 0.29) is 23.2 Å². The molecule has 2 unspecified atom stereocenters. The normalized spacial score (nSPS) is 19.2. The van der Waals surface area contributed by atoms with E-state index in [1.54, 1.807) is 12.0 Å². The summed E-state index contributed by atoms with van der Waals surface area (Å²) in [6.45, 7) is 9.89. The molecular formula is C30H35NO6. The summed E-state index contributed by atoms with van der Waals surface area (Å²) >= 11 is 0. The van der Waals surface area contributed by atoms with E-state index >= 15 is 0 Å². The third-order valence-corrected chi connectivity index (χ3v) is 7.46. The molecule has 1 aromatic heterocycles. The summed E-state index contributed by atoms with van der Waals surface area (Å²) in [5, 5.41) is 0.485. The van der Waals surface area contributed by atoms with E-state index in [1.807, 2.05) is 44.2 Å². The SMILES string of the molecule is COc1cc(C2c3c(oc4cc(C)c(C)cc4c3=O)C(=O)N2CC2CCCO2)ccc1OCCC(C)C. The molecular weight excluding hydrogens is 470 g/mol. The molecule has 2 aliphatic heterocycles. The van der Waals surface area contributed by atoms with Gasteiger partial charge in [0.05, 0.1) is 36.8 Å². The molecule has 1 fully saturated rings. The number of aryl methyl sites for hydroxylation is 2. The Morgan fingerprint density at radius 1 is 1.08 bits per heavy atom. The van der Waals surface area contributed by atoms with Gasteiger partial charge in [-0.1, -0.05) is 19.9 Å². The number of rotatable bonds is 8. The maximum atomic E-state index is 13.9. The van der Waals surface area contributed by atoms with Gasteiger partial charge in [0.1, 0.15) is 5.58 Å². The standard InChI is InChI=1S/C30H35NO6/c1-17(2)10-12-36-23-9-8-20(15-25(23)34-5)27-26-28(32)22-13-18(3)19(4)14-24(22)37-29(26)30(33)31(27)16-21-7-6-11-35-21/h8-9,13-15,17,21,27H,6-7,10-12,16H2,1-5H3. The zero-order valence-corrected chi connectivity index (χ0v) is 22.3. The quantitative estimate of drug-likeness (QED) is 0.398. The fourth-order valence-electron chi connectivity index (χ4n) is 5.20. The van der Waals surface area contributed by atoms with Gasteiger partial charge in [0, 0.05) is 13.2 Å². The molecule has 7 nitrogen and oxygen atoms in total. The molecule has 3 heterocycles. The Morgan fingerprint density at radius 3 is 2.57 bits per heavy atom. The minimum absolute atomic E-state index is 0.0738. The first-order valence-corrected chi connectivity index (χ1v) is 13.1. The van der Waals surface area contributed by atoms with Crippen LogP contribution in [0.15, 0.2) is 39.5 Å². The zero-order chi connectivity index (χ0) is 26.3. The van der Waals surface area contributed by atoms with Crippen LogP contribution in [-0.4, -0.2) is 43.8 Å². The Kier molecular flexibility index (Phi) is 6.99. The Bertz CT molecular complexity index is 1390. The number of fused-ring (bicyclic) bond motifs is 2. The van der Waals surface area contributed by atoms with Crippen molar-refractivity contribution in [3.63, 3.8) is 0 Å². The highest BCUT2D eigenvalue weighted by molar-refractivity contribution is 5.99. The molecule has 196 valence electrons. The molecule has 3 aromatic rings. The highest BCUT2D eigenvalue weighted by Crippen LogP contribution is 2.41. The molecule has 2 aliphatic rings. The summed E-state index contributed by atoms with van der Waals surface area (Å²) in [6, 6.07) is 8.72. The molecule has 1 amide bonds. The van der Waals surface area contributed by atoms with Gasteiger partial charge in [-0.3, -0.25) is 9.59 Å². The van der Waals surface area contributed by atoms with Crippen LogP contribution in [0.5, 0.6) is 11.5 Å². The van der Waals surface area contributed by atoms with Crippen LogP contribution in [0.25, 0.3) is 11.0 Å². The Hall–Kier alpha value is -3.32. The fourth-order valence-corrected chi connectivity index (χ4v) is 5.20. The van der Waals surface area contributed by atoms with Crippen molar-refractivity contribution >= 4 is 16.9 Å². The first-order valence-electron chi connectivity index (χ1n) is 13.1. The van der Waals surface area contributed by atoms with Gasteiger partial charge in [-0.2, -0.15) is 0 Å². The number of carbonyl (C=O) groups excluding carboxylic acids is 1.